The molecule has 0 bridgehead atoms. The molecule has 8 aromatic rings. The van der Waals surface area contributed by atoms with Crippen LogP contribution in [0.1, 0.15) is 0 Å². The summed E-state index contributed by atoms with van der Waals surface area (Å²) in [5, 5.41) is 12.8. The minimum absolute atomic E-state index is 0.683. The number of hydrogen-bond acceptors (Lipinski definition) is 10. The van der Waals surface area contributed by atoms with Gasteiger partial charge in [0.15, 0.2) is 0 Å². The molecular formula is C42H40Br2N10O2. The first kappa shape index (κ1) is 37.9. The molecule has 0 amide bonds. The summed E-state index contributed by atoms with van der Waals surface area (Å²) in [6.45, 7) is 0. The van der Waals surface area contributed by atoms with Gasteiger partial charge in [-0.15, -0.1) is 0 Å². The van der Waals surface area contributed by atoms with Crippen LogP contribution in [0.3, 0.4) is 0 Å². The average molecular weight is 877 g/mol. The summed E-state index contributed by atoms with van der Waals surface area (Å²) in [4.78, 5) is 9.55. The lowest BCUT2D eigenvalue weighted by atomic mass is 10.2. The lowest BCUT2D eigenvalue weighted by molar-refractivity contribution is 0.483. The summed E-state index contributed by atoms with van der Waals surface area (Å²) in [5.41, 5.74) is 20.3. The molecule has 8 rings (SSSR count). The predicted octanol–water partition coefficient (Wildman–Crippen LogP) is 11.0. The van der Waals surface area contributed by atoms with E-state index in [1.165, 1.54) is 0 Å². The van der Waals surface area contributed by atoms with E-state index in [9.17, 15) is 0 Å². The number of anilines is 8. The van der Waals surface area contributed by atoms with E-state index < -0.39 is 0 Å². The van der Waals surface area contributed by atoms with Crippen LogP contribution in [-0.4, -0.2) is 33.2 Å². The van der Waals surface area contributed by atoms with Gasteiger partial charge >= 0.3 is 0 Å². The second-order valence-electron chi connectivity index (χ2n) is 12.8. The molecule has 0 unspecified atom stereocenters. The summed E-state index contributed by atoms with van der Waals surface area (Å²) >= 11 is 6.94. The zero-order valence-corrected chi connectivity index (χ0v) is 34.2. The Morgan fingerprint density at radius 2 is 0.857 bits per heavy atom. The van der Waals surface area contributed by atoms with Crippen LogP contribution in [0.25, 0.3) is 22.1 Å². The molecule has 0 aliphatic carbocycles. The molecule has 0 aliphatic heterocycles. The van der Waals surface area contributed by atoms with Gasteiger partial charge in [-0.3, -0.25) is 0 Å². The molecule has 2 aromatic heterocycles. The first-order valence-electron chi connectivity index (χ1n) is 17.5. The van der Waals surface area contributed by atoms with Crippen molar-refractivity contribution in [1.82, 2.24) is 19.1 Å². The molecule has 0 radical (unpaired) electrons. The standard InChI is InChI=1S/C28H22Br2N6O.C14H18N4O/c1-35-25-13-11-21(15-23(25)33-27(35)31-19-7-3-17(29)4-8-19)37-22-12-14-26-24(16-22)34-28(36(26)2)32-20-9-5-18(30)6-10-20;1-17-13-7-9(3-5-11(13)15)19-10-4-6-12(16)14(8-10)18-2/h3-16H,1-2H3,(H,31,33)(H,32,34);3-8,17-18H,15-16H2,1-2H3. The van der Waals surface area contributed by atoms with E-state index in [1.54, 1.807) is 12.1 Å². The van der Waals surface area contributed by atoms with Crippen LogP contribution < -0.4 is 42.2 Å². The molecule has 14 heteroatoms. The molecule has 0 aliphatic rings. The lowest BCUT2D eigenvalue weighted by Gasteiger charge is -2.11. The minimum atomic E-state index is 0.683. The summed E-state index contributed by atoms with van der Waals surface area (Å²) < 4.78 is 18.1. The Morgan fingerprint density at radius 1 is 0.500 bits per heavy atom. The number of benzene rings is 6. The van der Waals surface area contributed by atoms with Gasteiger partial charge in [-0.2, -0.15) is 0 Å². The predicted molar refractivity (Wildman–Crippen MR) is 237 cm³/mol. The van der Waals surface area contributed by atoms with Gasteiger partial charge < -0.3 is 51.3 Å². The smallest absolute Gasteiger partial charge is 0.208 e. The number of nitrogens with one attached hydrogen (secondary N) is 4. The molecule has 0 saturated carbocycles. The van der Waals surface area contributed by atoms with Gasteiger partial charge in [0.1, 0.15) is 23.0 Å². The van der Waals surface area contributed by atoms with Gasteiger partial charge in [0.05, 0.1) is 44.8 Å². The van der Waals surface area contributed by atoms with E-state index in [0.29, 0.717) is 34.4 Å². The number of aromatic nitrogens is 4. The van der Waals surface area contributed by atoms with Crippen LogP contribution in [0.4, 0.5) is 46.0 Å². The highest BCUT2D eigenvalue weighted by Gasteiger charge is 2.13. The molecule has 0 atom stereocenters. The number of hydrogen-bond donors (Lipinski definition) is 6. The fourth-order valence-corrected chi connectivity index (χ4v) is 6.47. The van der Waals surface area contributed by atoms with Gasteiger partial charge in [0.25, 0.3) is 0 Å². The summed E-state index contributed by atoms with van der Waals surface area (Å²) in [6.07, 6.45) is 0. The van der Waals surface area contributed by atoms with E-state index >= 15 is 0 Å². The number of aryl methyl sites for hydroxylation is 2. The minimum Gasteiger partial charge on any atom is -0.457 e. The monoisotopic (exact) mass is 874 g/mol. The van der Waals surface area contributed by atoms with Crippen molar-refractivity contribution in [2.45, 2.75) is 0 Å². The largest absolute Gasteiger partial charge is 0.457 e. The van der Waals surface area contributed by atoms with E-state index in [2.05, 4.69) is 53.1 Å². The van der Waals surface area contributed by atoms with Crippen LogP contribution in [0.5, 0.6) is 23.0 Å². The number of halogens is 2. The molecule has 0 fully saturated rings. The van der Waals surface area contributed by atoms with Gasteiger partial charge in [-0.25, -0.2) is 9.97 Å². The van der Waals surface area contributed by atoms with Crippen molar-refractivity contribution in [3.05, 3.63) is 130 Å². The van der Waals surface area contributed by atoms with Crippen molar-refractivity contribution in [3.8, 4) is 23.0 Å². The molecule has 284 valence electrons. The molecule has 8 N–H and O–H groups in total. The van der Waals surface area contributed by atoms with Gasteiger partial charge in [0.2, 0.25) is 11.9 Å². The van der Waals surface area contributed by atoms with Crippen LogP contribution in [0.15, 0.2) is 130 Å². The first-order valence-corrected chi connectivity index (χ1v) is 19.1. The maximum Gasteiger partial charge on any atom is 0.208 e. The number of ether oxygens (including phenoxy) is 2. The van der Waals surface area contributed by atoms with Crippen LogP contribution in [0, 0.1) is 0 Å². The Labute approximate surface area is 341 Å². The van der Waals surface area contributed by atoms with Gasteiger partial charge in [0, 0.05) is 72.8 Å². The third-order valence-corrected chi connectivity index (χ3v) is 10.0. The molecule has 6 aromatic carbocycles. The Hall–Kier alpha value is -6.38. The second-order valence-corrected chi connectivity index (χ2v) is 14.6. The first-order chi connectivity index (χ1) is 27.1. The zero-order chi connectivity index (χ0) is 39.3. The Bertz CT molecular complexity index is 2460. The second kappa shape index (κ2) is 16.6. The van der Waals surface area contributed by atoms with Crippen molar-refractivity contribution in [2.75, 3.05) is 46.8 Å². The van der Waals surface area contributed by atoms with E-state index in [0.717, 1.165) is 65.7 Å². The van der Waals surface area contributed by atoms with Crippen molar-refractivity contribution in [3.63, 3.8) is 0 Å². The Morgan fingerprint density at radius 3 is 1.23 bits per heavy atom. The number of imidazole rings is 2. The number of fused-ring (bicyclic) bond motifs is 2. The SMILES string of the molecule is CNc1cc(Oc2ccc(N)c(NC)c2)ccc1N.Cn1c(Nc2ccc(Br)cc2)nc2cc(Oc3ccc4c(c3)nc(Nc3ccc(Br)cc3)n4C)ccc21. The van der Waals surface area contributed by atoms with Crippen molar-refractivity contribution >= 4 is 99.9 Å². The van der Waals surface area contributed by atoms with Crippen LogP contribution in [0.2, 0.25) is 0 Å². The fraction of sp³-hybridized carbons (Fsp3) is 0.0952. The molecular weight excluding hydrogens is 836 g/mol. The van der Waals surface area contributed by atoms with Gasteiger partial charge in [-0.1, -0.05) is 31.9 Å². The van der Waals surface area contributed by atoms with Crippen molar-refractivity contribution in [1.29, 1.82) is 0 Å². The maximum absolute atomic E-state index is 6.21. The summed E-state index contributed by atoms with van der Waals surface area (Å²) in [6, 6.07) is 38.8. The topological polar surface area (TPSA) is 154 Å². The number of rotatable bonds is 10. The molecule has 56 heavy (non-hydrogen) atoms. The van der Waals surface area contributed by atoms with Gasteiger partial charge in [-0.05, 0) is 97.1 Å². The molecule has 2 heterocycles. The van der Waals surface area contributed by atoms with E-state index in [4.69, 9.17) is 30.9 Å². The third kappa shape index (κ3) is 8.61. The quantitative estimate of drug-likeness (QED) is 0.0732. The molecule has 0 saturated heterocycles. The Balaban J connectivity index is 0.000000213. The molecule has 0 spiro atoms. The highest BCUT2D eigenvalue weighted by molar-refractivity contribution is 9.10. The van der Waals surface area contributed by atoms with Crippen molar-refractivity contribution < 1.29 is 9.47 Å². The summed E-state index contributed by atoms with van der Waals surface area (Å²) in [7, 11) is 7.62. The number of nitrogen functional groups attached to an aromatic ring is 2. The number of nitrogens with zero attached hydrogens (tertiary/aromatic N) is 4. The zero-order valence-electron chi connectivity index (χ0n) is 31.1. The van der Waals surface area contributed by atoms with E-state index in [1.807, 2.05) is 147 Å². The van der Waals surface area contributed by atoms with Crippen LogP contribution >= 0.6 is 31.9 Å². The summed E-state index contributed by atoms with van der Waals surface area (Å²) in [5.74, 6) is 4.37. The average Bonchev–Trinajstić information content (AvgIpc) is 3.68. The maximum atomic E-state index is 6.21. The lowest BCUT2D eigenvalue weighted by Crippen LogP contribution is -1.98. The third-order valence-electron chi connectivity index (χ3n) is 8.96. The highest BCUT2D eigenvalue weighted by Crippen LogP contribution is 2.33. The van der Waals surface area contributed by atoms with Crippen LogP contribution in [-0.2, 0) is 14.1 Å². The highest BCUT2D eigenvalue weighted by atomic mass is 79.9. The van der Waals surface area contributed by atoms with Crippen molar-refractivity contribution in [2.24, 2.45) is 14.1 Å². The normalized spacial score (nSPS) is 10.8. The molecule has 12 nitrogen and oxygen atoms in total. The Kier molecular flexibility index (Phi) is 11.2. The number of nitrogens with two attached hydrogens (primary N) is 2. The van der Waals surface area contributed by atoms with E-state index in [-0.39, 0.29) is 0 Å². The fourth-order valence-electron chi connectivity index (χ4n) is 5.94.